The summed E-state index contributed by atoms with van der Waals surface area (Å²) >= 11 is 0. The van der Waals surface area contributed by atoms with Crippen molar-refractivity contribution in [2.75, 3.05) is 5.73 Å². The second kappa shape index (κ2) is 5.14. The van der Waals surface area contributed by atoms with Crippen molar-refractivity contribution in [1.29, 1.82) is 0 Å². The normalized spacial score (nSPS) is 12.2. The van der Waals surface area contributed by atoms with E-state index in [0.29, 0.717) is 16.9 Å². The first-order valence-electron chi connectivity index (χ1n) is 5.96. The van der Waals surface area contributed by atoms with Crippen LogP contribution in [-0.4, -0.2) is 10.5 Å². The largest absolute Gasteiger partial charge is 0.397 e. The maximum atomic E-state index is 13.6. The van der Waals surface area contributed by atoms with Crippen molar-refractivity contribution in [3.05, 3.63) is 53.6 Å². The van der Waals surface area contributed by atoms with Gasteiger partial charge in [0.25, 0.3) is 5.91 Å². The summed E-state index contributed by atoms with van der Waals surface area (Å²) < 4.78 is 15.2. The number of carbonyl (C=O) groups is 1. The number of aryl methyl sites for hydroxylation is 1. The number of aromatic nitrogens is 1. The molecule has 0 aliphatic carbocycles. The van der Waals surface area contributed by atoms with Crippen molar-refractivity contribution >= 4 is 11.6 Å². The minimum atomic E-state index is -0.412. The average Bonchev–Trinajstić information content (AvgIpc) is 2.69. The van der Waals surface area contributed by atoms with Crippen molar-refractivity contribution in [2.45, 2.75) is 13.0 Å². The van der Waals surface area contributed by atoms with Crippen LogP contribution in [0.15, 0.2) is 36.5 Å². The lowest BCUT2D eigenvalue weighted by atomic mass is 10.1. The van der Waals surface area contributed by atoms with E-state index in [9.17, 15) is 9.18 Å². The van der Waals surface area contributed by atoms with Crippen LogP contribution in [0.4, 0.5) is 10.1 Å². The standard InChI is InChI=1S/C14H16FN3O/c1-9(11-5-3-4-6-12(11)15)17-14(19)13-7-10(16)8-18(13)2/h3-9H,16H2,1-2H3,(H,17,19). The highest BCUT2D eigenvalue weighted by molar-refractivity contribution is 5.94. The van der Waals surface area contributed by atoms with Gasteiger partial charge in [0.05, 0.1) is 11.7 Å². The molecule has 0 radical (unpaired) electrons. The van der Waals surface area contributed by atoms with Gasteiger partial charge in [0.1, 0.15) is 11.5 Å². The zero-order chi connectivity index (χ0) is 14.0. The highest BCUT2D eigenvalue weighted by atomic mass is 19.1. The first kappa shape index (κ1) is 13.1. The molecule has 5 heteroatoms. The summed E-state index contributed by atoms with van der Waals surface area (Å²) in [6.07, 6.45) is 1.66. The van der Waals surface area contributed by atoms with E-state index < -0.39 is 6.04 Å². The summed E-state index contributed by atoms with van der Waals surface area (Å²) in [6.45, 7) is 1.74. The van der Waals surface area contributed by atoms with Gasteiger partial charge in [0, 0.05) is 18.8 Å². The van der Waals surface area contributed by atoms with E-state index in [1.807, 2.05) is 0 Å². The van der Waals surface area contributed by atoms with Crippen molar-refractivity contribution in [3.63, 3.8) is 0 Å². The molecule has 1 aromatic carbocycles. The van der Waals surface area contributed by atoms with Crippen LogP contribution in [0.5, 0.6) is 0 Å². The summed E-state index contributed by atoms with van der Waals surface area (Å²) in [7, 11) is 1.74. The summed E-state index contributed by atoms with van der Waals surface area (Å²) in [5.41, 5.74) is 7.04. The van der Waals surface area contributed by atoms with Crippen LogP contribution >= 0.6 is 0 Å². The van der Waals surface area contributed by atoms with E-state index in [0.717, 1.165) is 0 Å². The molecular weight excluding hydrogens is 245 g/mol. The number of nitrogens with zero attached hydrogens (tertiary/aromatic N) is 1. The summed E-state index contributed by atoms with van der Waals surface area (Å²) in [6, 6.07) is 7.55. The molecule has 1 amide bonds. The number of amides is 1. The lowest BCUT2D eigenvalue weighted by Gasteiger charge is -2.15. The van der Waals surface area contributed by atoms with E-state index >= 15 is 0 Å². The SMILES string of the molecule is CC(NC(=O)c1cc(N)cn1C)c1ccccc1F. The molecule has 3 N–H and O–H groups in total. The molecule has 0 saturated heterocycles. The van der Waals surface area contributed by atoms with E-state index in [-0.39, 0.29) is 11.7 Å². The molecule has 0 bridgehead atoms. The van der Waals surface area contributed by atoms with Crippen molar-refractivity contribution in [2.24, 2.45) is 7.05 Å². The molecule has 0 saturated carbocycles. The van der Waals surface area contributed by atoms with Crippen LogP contribution in [0, 0.1) is 5.82 Å². The zero-order valence-electron chi connectivity index (χ0n) is 10.9. The fraction of sp³-hybridized carbons (Fsp3) is 0.214. The van der Waals surface area contributed by atoms with E-state index in [2.05, 4.69) is 5.32 Å². The molecule has 1 unspecified atom stereocenters. The number of hydrogen-bond acceptors (Lipinski definition) is 2. The fourth-order valence-electron chi connectivity index (χ4n) is 1.99. The maximum Gasteiger partial charge on any atom is 0.268 e. The number of nitrogens with one attached hydrogen (secondary N) is 1. The first-order valence-corrected chi connectivity index (χ1v) is 5.96. The number of anilines is 1. The molecule has 0 aliphatic heterocycles. The van der Waals surface area contributed by atoms with E-state index in [4.69, 9.17) is 5.73 Å². The Balaban J connectivity index is 2.15. The van der Waals surface area contributed by atoms with Crippen LogP contribution in [0.1, 0.15) is 29.0 Å². The molecule has 0 spiro atoms. The third-order valence-corrected chi connectivity index (χ3v) is 2.98. The predicted octanol–water partition coefficient (Wildman–Crippen LogP) is 2.24. The van der Waals surface area contributed by atoms with Crippen LogP contribution < -0.4 is 11.1 Å². The van der Waals surface area contributed by atoms with E-state index in [1.54, 1.807) is 49.0 Å². The van der Waals surface area contributed by atoms with Gasteiger partial charge in [0.15, 0.2) is 0 Å². The maximum absolute atomic E-state index is 13.6. The molecule has 2 rings (SSSR count). The number of halogens is 1. The van der Waals surface area contributed by atoms with Gasteiger partial charge in [-0.3, -0.25) is 4.79 Å². The first-order chi connectivity index (χ1) is 8.99. The molecular formula is C14H16FN3O. The predicted molar refractivity (Wildman–Crippen MR) is 72.1 cm³/mol. The van der Waals surface area contributed by atoms with Crippen molar-refractivity contribution < 1.29 is 9.18 Å². The van der Waals surface area contributed by atoms with Crippen LogP contribution in [0.2, 0.25) is 0 Å². The lowest BCUT2D eigenvalue weighted by molar-refractivity contribution is 0.0931. The minimum Gasteiger partial charge on any atom is -0.397 e. The van der Waals surface area contributed by atoms with Gasteiger partial charge in [-0.1, -0.05) is 18.2 Å². The Morgan fingerprint density at radius 2 is 2.11 bits per heavy atom. The van der Waals surface area contributed by atoms with Gasteiger partial charge in [0.2, 0.25) is 0 Å². The second-order valence-corrected chi connectivity index (χ2v) is 4.49. The number of rotatable bonds is 3. The fourth-order valence-corrected chi connectivity index (χ4v) is 1.99. The number of hydrogen-bond donors (Lipinski definition) is 2. The average molecular weight is 261 g/mol. The van der Waals surface area contributed by atoms with Crippen LogP contribution in [0.25, 0.3) is 0 Å². The summed E-state index contributed by atoms with van der Waals surface area (Å²) in [5.74, 6) is -0.614. The zero-order valence-corrected chi connectivity index (χ0v) is 10.9. The Morgan fingerprint density at radius 1 is 1.42 bits per heavy atom. The highest BCUT2D eigenvalue weighted by Crippen LogP contribution is 2.17. The smallest absolute Gasteiger partial charge is 0.268 e. The Bertz CT molecular complexity index is 606. The quantitative estimate of drug-likeness (QED) is 0.890. The monoisotopic (exact) mass is 261 g/mol. The van der Waals surface area contributed by atoms with Crippen LogP contribution in [0.3, 0.4) is 0 Å². The lowest BCUT2D eigenvalue weighted by Crippen LogP contribution is -2.28. The van der Waals surface area contributed by atoms with Gasteiger partial charge in [-0.25, -0.2) is 4.39 Å². The Morgan fingerprint density at radius 3 is 2.68 bits per heavy atom. The molecule has 1 atom stereocenters. The number of nitrogen functional groups attached to an aromatic ring is 1. The summed E-state index contributed by atoms with van der Waals surface area (Å²) in [5, 5.41) is 2.75. The molecule has 19 heavy (non-hydrogen) atoms. The van der Waals surface area contributed by atoms with E-state index in [1.165, 1.54) is 6.07 Å². The number of nitrogens with two attached hydrogens (primary N) is 1. The minimum absolute atomic E-state index is 0.282. The van der Waals surface area contributed by atoms with Gasteiger partial charge in [-0.2, -0.15) is 0 Å². The van der Waals surface area contributed by atoms with Crippen LogP contribution in [-0.2, 0) is 7.05 Å². The topological polar surface area (TPSA) is 60.1 Å². The highest BCUT2D eigenvalue weighted by Gasteiger charge is 2.16. The van der Waals surface area contributed by atoms with Gasteiger partial charge in [-0.15, -0.1) is 0 Å². The Labute approximate surface area is 111 Å². The van der Waals surface area contributed by atoms with Gasteiger partial charge < -0.3 is 15.6 Å². The Hall–Kier alpha value is -2.30. The Kier molecular flexibility index (Phi) is 3.55. The molecule has 1 aromatic heterocycles. The second-order valence-electron chi connectivity index (χ2n) is 4.49. The van der Waals surface area contributed by atoms with Crippen molar-refractivity contribution in [1.82, 2.24) is 9.88 Å². The molecule has 4 nitrogen and oxygen atoms in total. The molecule has 2 aromatic rings. The summed E-state index contributed by atoms with van der Waals surface area (Å²) in [4.78, 5) is 12.1. The molecule has 100 valence electrons. The third kappa shape index (κ3) is 2.76. The van der Waals surface area contributed by atoms with Gasteiger partial charge >= 0.3 is 0 Å². The molecule has 0 fully saturated rings. The van der Waals surface area contributed by atoms with Crippen molar-refractivity contribution in [3.8, 4) is 0 Å². The molecule has 0 aliphatic rings. The number of benzene rings is 1. The molecule has 1 heterocycles. The number of carbonyl (C=O) groups excluding carboxylic acids is 1. The van der Waals surface area contributed by atoms with Gasteiger partial charge in [-0.05, 0) is 19.1 Å². The third-order valence-electron chi connectivity index (χ3n) is 2.98.